The molecular weight excluding hydrogens is 977 g/mol. The molecule has 0 atom stereocenters. The van der Waals surface area contributed by atoms with Crippen molar-refractivity contribution in [1.29, 1.82) is 0 Å². The number of rotatable bonds is 6. The second kappa shape index (κ2) is 18.6. The fraction of sp³-hybridized carbons (Fsp3) is 0.468. The van der Waals surface area contributed by atoms with E-state index in [2.05, 4.69) is 191 Å². The number of nitrogen functional groups attached to an aromatic ring is 1. The van der Waals surface area contributed by atoms with Gasteiger partial charge in [-0.15, -0.1) is 0 Å². The van der Waals surface area contributed by atoms with Crippen molar-refractivity contribution < 1.29 is 0 Å². The molecule has 0 aliphatic heterocycles. The molecule has 0 unspecified atom stereocenters. The highest BCUT2D eigenvalue weighted by atomic mass is 15.1. The molecule has 0 heterocycles. The Kier molecular flexibility index (Phi) is 11.7. The highest BCUT2D eigenvalue weighted by Gasteiger charge is 2.54. The van der Waals surface area contributed by atoms with Crippen molar-refractivity contribution in [3.63, 3.8) is 0 Å². The van der Waals surface area contributed by atoms with Gasteiger partial charge < -0.3 is 10.6 Å². The van der Waals surface area contributed by atoms with E-state index in [0.717, 1.165) is 58.9 Å². The monoisotopic (exact) mass is 1060 g/mol. The summed E-state index contributed by atoms with van der Waals surface area (Å²) in [5.74, 6) is 9.00. The Labute approximate surface area is 485 Å². The van der Waals surface area contributed by atoms with Crippen LogP contribution in [0.1, 0.15) is 188 Å². The third-order valence-corrected chi connectivity index (χ3v) is 24.7. The van der Waals surface area contributed by atoms with E-state index in [1.54, 1.807) is 36.0 Å². The van der Waals surface area contributed by atoms with Crippen LogP contribution in [0.2, 0.25) is 0 Å². The number of nitrogens with zero attached hydrogens (tertiary/aromatic N) is 1. The SMILES string of the molecule is CC1(C)c2ccccc2-c2ccc(N(c3ccc(C45CC6CC(CC(C6)C4)C5)cc3)c3ccc(C45CC6CC(CC(C6)C4)C5)cc3)cc21.CC1(C)c2ccccc2-c2ccc(N)cc21.Cc1ccc(C23CC4CC(CC(C4)C2)C3)cc1. The van der Waals surface area contributed by atoms with Gasteiger partial charge in [0.2, 0.25) is 0 Å². The van der Waals surface area contributed by atoms with Gasteiger partial charge in [-0.05, 0) is 302 Å². The first-order valence-corrected chi connectivity index (χ1v) is 32.5. The lowest BCUT2D eigenvalue weighted by atomic mass is 9.48. The molecular formula is C79H88N2. The molecule has 0 spiro atoms. The molecule has 81 heavy (non-hydrogen) atoms. The molecule has 0 aromatic heterocycles. The Hall–Kier alpha value is -5.86. The van der Waals surface area contributed by atoms with Crippen LogP contribution >= 0.6 is 0 Å². The molecule has 7 aromatic carbocycles. The minimum absolute atomic E-state index is 0.0155. The molecule has 14 aliphatic rings. The molecule has 414 valence electrons. The smallest absolute Gasteiger partial charge is 0.0465 e. The minimum atomic E-state index is -0.0155. The summed E-state index contributed by atoms with van der Waals surface area (Å²) in [4.78, 5) is 2.56. The average molecular weight is 1070 g/mol. The third kappa shape index (κ3) is 8.34. The van der Waals surface area contributed by atoms with Crippen LogP contribution < -0.4 is 10.6 Å². The molecule has 12 bridgehead atoms. The van der Waals surface area contributed by atoms with Gasteiger partial charge in [0.1, 0.15) is 0 Å². The lowest BCUT2D eigenvalue weighted by Crippen LogP contribution is -2.48. The fourth-order valence-electron chi connectivity index (χ4n) is 22.2. The normalized spacial score (nSPS) is 33.4. The predicted octanol–water partition coefficient (Wildman–Crippen LogP) is 20.4. The van der Waals surface area contributed by atoms with Crippen LogP contribution in [-0.2, 0) is 27.1 Å². The zero-order chi connectivity index (χ0) is 54.6. The quantitative estimate of drug-likeness (QED) is 0.168. The summed E-state index contributed by atoms with van der Waals surface area (Å²) in [6, 6.07) is 60.6. The van der Waals surface area contributed by atoms with E-state index in [4.69, 9.17) is 5.73 Å². The predicted molar refractivity (Wildman–Crippen MR) is 338 cm³/mol. The Balaban J connectivity index is 0.000000133. The van der Waals surface area contributed by atoms with Crippen LogP contribution in [0, 0.1) is 60.2 Å². The highest BCUT2D eigenvalue weighted by molar-refractivity contribution is 5.86. The van der Waals surface area contributed by atoms with Crippen molar-refractivity contribution in [2.24, 2.45) is 53.3 Å². The van der Waals surface area contributed by atoms with Crippen LogP contribution in [0.4, 0.5) is 22.7 Å². The van der Waals surface area contributed by atoms with Gasteiger partial charge in [0.05, 0.1) is 0 Å². The van der Waals surface area contributed by atoms with Gasteiger partial charge in [-0.3, -0.25) is 0 Å². The standard InChI is InChI=1S/C47H51N.C17H22.C15H15N/c1-45(2)43-6-4-3-5-41(43)42-16-15-40(23-44(42)45)48(38-11-7-36(8-12-38)46-24-30-17-31(25-46)19-32(18-30)26-46)39-13-9-37(10-14-39)47-27-33-20-34(28-47)22-35(21-33)29-47;1-12-2-4-16(5-3-12)17-9-13-6-14(10-17)8-15(7-13)11-17;1-15(2)13-6-4-3-5-11(13)12-8-7-10(16)9-14(12)15/h3-16,23,30-35H,17-22,24-29H2,1-2H3;2-5,13-15H,6-11H2,1H3;3-9H,16H2,1-2H3. The number of fused-ring (bicyclic) bond motifs is 6. The van der Waals surface area contributed by atoms with Crippen molar-refractivity contribution in [2.45, 2.75) is 177 Å². The number of hydrogen-bond acceptors (Lipinski definition) is 2. The lowest BCUT2D eigenvalue weighted by molar-refractivity contribution is -0.00531. The van der Waals surface area contributed by atoms with E-state index < -0.39 is 0 Å². The zero-order valence-electron chi connectivity index (χ0n) is 49.5. The van der Waals surface area contributed by atoms with E-state index in [-0.39, 0.29) is 10.8 Å². The molecule has 0 saturated heterocycles. The van der Waals surface area contributed by atoms with Crippen molar-refractivity contribution in [2.75, 3.05) is 10.6 Å². The maximum atomic E-state index is 5.89. The second-order valence-electron chi connectivity index (χ2n) is 30.8. The molecule has 0 amide bonds. The fourth-order valence-corrected chi connectivity index (χ4v) is 22.2. The van der Waals surface area contributed by atoms with Crippen LogP contribution in [-0.4, -0.2) is 0 Å². The Morgan fingerprint density at radius 1 is 0.321 bits per heavy atom. The first kappa shape index (κ1) is 50.8. The Bertz CT molecular complexity index is 3360. The van der Waals surface area contributed by atoms with Gasteiger partial charge in [0.15, 0.2) is 0 Å². The van der Waals surface area contributed by atoms with E-state index in [9.17, 15) is 0 Å². The van der Waals surface area contributed by atoms with Crippen LogP contribution in [0.25, 0.3) is 22.3 Å². The maximum absolute atomic E-state index is 5.89. The largest absolute Gasteiger partial charge is 0.399 e. The molecule has 14 aliphatic carbocycles. The van der Waals surface area contributed by atoms with E-state index in [1.807, 2.05) is 6.07 Å². The third-order valence-electron chi connectivity index (χ3n) is 24.7. The van der Waals surface area contributed by atoms with Gasteiger partial charge in [0, 0.05) is 33.6 Å². The summed E-state index contributed by atoms with van der Waals surface area (Å²) in [5, 5.41) is 0. The molecule has 12 fully saturated rings. The lowest BCUT2D eigenvalue weighted by Gasteiger charge is -2.57. The Morgan fingerprint density at radius 3 is 0.988 bits per heavy atom. The summed E-state index contributed by atoms with van der Waals surface area (Å²) in [5.41, 5.74) is 29.5. The summed E-state index contributed by atoms with van der Waals surface area (Å²) < 4.78 is 0. The zero-order valence-corrected chi connectivity index (χ0v) is 49.5. The molecule has 7 aromatic rings. The van der Waals surface area contributed by atoms with Crippen LogP contribution in [0.5, 0.6) is 0 Å². The first-order valence-electron chi connectivity index (χ1n) is 32.5. The van der Waals surface area contributed by atoms with E-state index in [1.165, 1.54) is 163 Å². The summed E-state index contributed by atoms with van der Waals surface area (Å²) >= 11 is 0. The number of anilines is 4. The number of benzene rings is 7. The Morgan fingerprint density at radius 2 is 0.617 bits per heavy atom. The maximum Gasteiger partial charge on any atom is 0.0465 e. The van der Waals surface area contributed by atoms with Gasteiger partial charge in [-0.1, -0.05) is 142 Å². The topological polar surface area (TPSA) is 29.3 Å². The van der Waals surface area contributed by atoms with Gasteiger partial charge in [-0.25, -0.2) is 0 Å². The van der Waals surface area contributed by atoms with Gasteiger partial charge in [-0.2, -0.15) is 0 Å². The molecule has 0 radical (unpaired) electrons. The van der Waals surface area contributed by atoms with Crippen molar-refractivity contribution in [3.05, 3.63) is 202 Å². The number of nitrogens with two attached hydrogens (primary N) is 1. The van der Waals surface area contributed by atoms with Gasteiger partial charge >= 0.3 is 0 Å². The molecule has 2 heteroatoms. The minimum Gasteiger partial charge on any atom is -0.399 e. The summed E-state index contributed by atoms with van der Waals surface area (Å²) in [6.07, 6.45) is 26.7. The van der Waals surface area contributed by atoms with Crippen molar-refractivity contribution in [3.8, 4) is 22.3 Å². The number of hydrogen-bond donors (Lipinski definition) is 1. The van der Waals surface area contributed by atoms with Crippen LogP contribution in [0.15, 0.2) is 158 Å². The molecule has 21 rings (SSSR count). The van der Waals surface area contributed by atoms with E-state index in [0.29, 0.717) is 16.2 Å². The summed E-state index contributed by atoms with van der Waals surface area (Å²) in [7, 11) is 0. The van der Waals surface area contributed by atoms with Crippen molar-refractivity contribution >= 4 is 22.7 Å². The molecule has 2 N–H and O–H groups in total. The molecule has 12 saturated carbocycles. The second-order valence-corrected chi connectivity index (χ2v) is 30.8. The van der Waals surface area contributed by atoms with Gasteiger partial charge in [0.25, 0.3) is 0 Å². The van der Waals surface area contributed by atoms with Crippen molar-refractivity contribution in [1.82, 2.24) is 0 Å². The van der Waals surface area contributed by atoms with Crippen LogP contribution in [0.3, 0.4) is 0 Å². The number of aryl methyl sites for hydroxylation is 1. The average Bonchev–Trinajstić information content (AvgIpc) is 3.41. The highest BCUT2D eigenvalue weighted by Crippen LogP contribution is 2.64. The summed E-state index contributed by atoms with van der Waals surface area (Å²) in [6.45, 7) is 11.5. The first-order chi connectivity index (χ1) is 39.2. The van der Waals surface area contributed by atoms with E-state index >= 15 is 0 Å². The molecule has 2 nitrogen and oxygen atoms in total.